The van der Waals surface area contributed by atoms with E-state index in [0.717, 1.165) is 52.7 Å². The van der Waals surface area contributed by atoms with Crippen LogP contribution in [0, 0.1) is 12.8 Å². The highest BCUT2D eigenvalue weighted by molar-refractivity contribution is 7.18. The molecule has 1 amide bonds. The summed E-state index contributed by atoms with van der Waals surface area (Å²) in [6.07, 6.45) is 6.83. The van der Waals surface area contributed by atoms with Crippen molar-refractivity contribution in [1.29, 1.82) is 0 Å². The van der Waals surface area contributed by atoms with E-state index in [4.69, 9.17) is 0 Å². The van der Waals surface area contributed by atoms with Crippen LogP contribution in [0.15, 0.2) is 36.8 Å². The largest absolute Gasteiger partial charge is 0.355 e. The predicted octanol–water partition coefficient (Wildman–Crippen LogP) is 3.27. The molecule has 7 heteroatoms. The van der Waals surface area contributed by atoms with Crippen molar-refractivity contribution in [2.75, 3.05) is 29.9 Å². The van der Waals surface area contributed by atoms with E-state index in [2.05, 4.69) is 25.9 Å². The number of anilines is 2. The van der Waals surface area contributed by atoms with E-state index in [1.807, 2.05) is 26.1 Å². The number of benzene rings is 1. The highest BCUT2D eigenvalue weighted by Gasteiger charge is 2.28. The molecule has 0 bridgehead atoms. The smallest absolute Gasteiger partial charge is 0.229 e. The van der Waals surface area contributed by atoms with Gasteiger partial charge in [-0.15, -0.1) is 11.3 Å². The predicted molar refractivity (Wildman–Crippen MR) is 105 cm³/mol. The summed E-state index contributed by atoms with van der Waals surface area (Å²) < 4.78 is 1.12. The average molecular weight is 367 g/mol. The molecule has 0 aliphatic carbocycles. The van der Waals surface area contributed by atoms with Gasteiger partial charge in [0.05, 0.1) is 21.4 Å². The third-order valence-corrected chi connectivity index (χ3v) is 5.85. The molecule has 26 heavy (non-hydrogen) atoms. The summed E-state index contributed by atoms with van der Waals surface area (Å²) in [5.41, 5.74) is 1.93. The second-order valence-electron chi connectivity index (χ2n) is 6.61. The molecule has 2 aromatic heterocycles. The molecule has 0 radical (unpaired) electrons. The molecule has 1 fully saturated rings. The standard InChI is InChI=1S/C19H21N5OS/c1-13-22-16-4-3-15(11-17(16)26-13)23(2)19(25)14-5-9-24(10-6-14)18-12-20-7-8-21-18/h3-4,7-8,11-12,14H,5-6,9-10H2,1-2H3. The number of amides is 1. The number of fused-ring (bicyclic) bond motifs is 1. The highest BCUT2D eigenvalue weighted by atomic mass is 32.1. The Balaban J connectivity index is 1.43. The number of aryl methyl sites for hydroxylation is 1. The van der Waals surface area contributed by atoms with Crippen LogP contribution in [0.4, 0.5) is 11.5 Å². The lowest BCUT2D eigenvalue weighted by molar-refractivity contribution is -0.122. The van der Waals surface area contributed by atoms with Crippen molar-refractivity contribution in [1.82, 2.24) is 15.0 Å². The van der Waals surface area contributed by atoms with Gasteiger partial charge in [0.15, 0.2) is 0 Å². The fourth-order valence-corrected chi connectivity index (χ4v) is 4.31. The molecule has 1 aliphatic rings. The third-order valence-electron chi connectivity index (χ3n) is 4.91. The van der Waals surface area contributed by atoms with E-state index in [9.17, 15) is 4.79 Å². The van der Waals surface area contributed by atoms with Crippen molar-refractivity contribution in [3.63, 3.8) is 0 Å². The SMILES string of the molecule is Cc1nc2ccc(N(C)C(=O)C3CCN(c4cnccn4)CC3)cc2s1. The first kappa shape index (κ1) is 16.9. The normalized spacial score (nSPS) is 15.4. The molecular formula is C19H21N5OS. The second-order valence-corrected chi connectivity index (χ2v) is 7.84. The Kier molecular flexibility index (Phi) is 4.55. The van der Waals surface area contributed by atoms with Crippen molar-refractivity contribution >= 4 is 39.0 Å². The zero-order valence-corrected chi connectivity index (χ0v) is 15.7. The monoisotopic (exact) mass is 367 g/mol. The van der Waals surface area contributed by atoms with E-state index in [-0.39, 0.29) is 11.8 Å². The minimum absolute atomic E-state index is 0.0480. The maximum absolute atomic E-state index is 13.0. The van der Waals surface area contributed by atoms with Crippen LogP contribution in [-0.2, 0) is 4.79 Å². The van der Waals surface area contributed by atoms with Crippen molar-refractivity contribution < 1.29 is 4.79 Å². The number of hydrogen-bond donors (Lipinski definition) is 0. The molecule has 3 heterocycles. The van der Waals surface area contributed by atoms with Gasteiger partial charge in [0.1, 0.15) is 5.82 Å². The van der Waals surface area contributed by atoms with Crippen LogP contribution in [0.5, 0.6) is 0 Å². The van der Waals surface area contributed by atoms with Gasteiger partial charge in [-0.1, -0.05) is 0 Å². The Hall–Kier alpha value is -2.54. The summed E-state index contributed by atoms with van der Waals surface area (Å²) in [6.45, 7) is 3.66. The molecule has 1 aliphatic heterocycles. The Morgan fingerprint density at radius 2 is 2.08 bits per heavy atom. The van der Waals surface area contributed by atoms with Gasteiger partial charge in [0.25, 0.3) is 0 Å². The maximum Gasteiger partial charge on any atom is 0.229 e. The van der Waals surface area contributed by atoms with Gasteiger partial charge in [0.2, 0.25) is 5.91 Å². The van der Waals surface area contributed by atoms with Crippen LogP contribution in [-0.4, -0.2) is 41.0 Å². The first-order chi connectivity index (χ1) is 12.6. The van der Waals surface area contributed by atoms with Gasteiger partial charge in [-0.3, -0.25) is 9.78 Å². The average Bonchev–Trinajstić information content (AvgIpc) is 3.07. The van der Waals surface area contributed by atoms with Crippen molar-refractivity contribution in [2.24, 2.45) is 5.92 Å². The molecule has 3 aromatic rings. The fraction of sp³-hybridized carbons (Fsp3) is 0.368. The lowest BCUT2D eigenvalue weighted by Gasteiger charge is -2.33. The molecule has 0 spiro atoms. The number of rotatable bonds is 3. The zero-order valence-electron chi connectivity index (χ0n) is 14.9. The Bertz CT molecular complexity index is 918. The number of carbonyl (C=O) groups is 1. The van der Waals surface area contributed by atoms with E-state index in [0.29, 0.717) is 0 Å². The molecule has 1 aromatic carbocycles. The topological polar surface area (TPSA) is 62.2 Å². The Morgan fingerprint density at radius 1 is 1.27 bits per heavy atom. The molecule has 6 nitrogen and oxygen atoms in total. The second kappa shape index (κ2) is 6.99. The molecule has 0 atom stereocenters. The van der Waals surface area contributed by atoms with Crippen LogP contribution in [0.1, 0.15) is 17.8 Å². The zero-order chi connectivity index (χ0) is 18.1. The summed E-state index contributed by atoms with van der Waals surface area (Å²) in [7, 11) is 1.87. The molecular weight excluding hydrogens is 346 g/mol. The van der Waals surface area contributed by atoms with Gasteiger partial charge in [-0.25, -0.2) is 9.97 Å². The minimum atomic E-state index is 0.0480. The highest BCUT2D eigenvalue weighted by Crippen LogP contribution is 2.29. The number of aromatic nitrogens is 3. The summed E-state index contributed by atoms with van der Waals surface area (Å²) in [5.74, 6) is 1.12. The molecule has 0 unspecified atom stereocenters. The van der Waals surface area contributed by atoms with E-state index in [1.165, 1.54) is 0 Å². The van der Waals surface area contributed by atoms with Gasteiger partial charge >= 0.3 is 0 Å². The quantitative estimate of drug-likeness (QED) is 0.711. The van der Waals surface area contributed by atoms with E-state index in [1.54, 1.807) is 34.8 Å². The molecule has 4 rings (SSSR count). The van der Waals surface area contributed by atoms with Crippen molar-refractivity contribution in [2.45, 2.75) is 19.8 Å². The summed E-state index contributed by atoms with van der Waals surface area (Å²) in [6, 6.07) is 6.04. The summed E-state index contributed by atoms with van der Waals surface area (Å²) in [5, 5.41) is 1.04. The summed E-state index contributed by atoms with van der Waals surface area (Å²) >= 11 is 1.66. The fourth-order valence-electron chi connectivity index (χ4n) is 3.45. The number of piperidine rings is 1. The Labute approximate surface area is 156 Å². The number of thiazole rings is 1. The van der Waals surface area contributed by atoms with Gasteiger partial charge in [-0.2, -0.15) is 0 Å². The lowest BCUT2D eigenvalue weighted by Crippen LogP contribution is -2.41. The van der Waals surface area contributed by atoms with Crippen LogP contribution in [0.2, 0.25) is 0 Å². The van der Waals surface area contributed by atoms with E-state index >= 15 is 0 Å². The molecule has 0 N–H and O–H groups in total. The Morgan fingerprint density at radius 3 is 2.81 bits per heavy atom. The molecule has 0 saturated carbocycles. The van der Waals surface area contributed by atoms with E-state index < -0.39 is 0 Å². The van der Waals surface area contributed by atoms with Crippen LogP contribution in [0.3, 0.4) is 0 Å². The van der Waals surface area contributed by atoms with Crippen molar-refractivity contribution in [3.05, 3.63) is 41.8 Å². The van der Waals surface area contributed by atoms with Crippen LogP contribution >= 0.6 is 11.3 Å². The molecule has 1 saturated heterocycles. The van der Waals surface area contributed by atoms with Gasteiger partial charge in [0, 0.05) is 44.1 Å². The number of nitrogens with zero attached hydrogens (tertiary/aromatic N) is 5. The summed E-state index contributed by atoms with van der Waals surface area (Å²) in [4.78, 5) is 29.9. The first-order valence-electron chi connectivity index (χ1n) is 8.77. The number of carbonyl (C=O) groups excluding carboxylic acids is 1. The van der Waals surface area contributed by atoms with Crippen LogP contribution < -0.4 is 9.80 Å². The van der Waals surface area contributed by atoms with Crippen molar-refractivity contribution in [3.8, 4) is 0 Å². The first-order valence-corrected chi connectivity index (χ1v) is 9.59. The minimum Gasteiger partial charge on any atom is -0.355 e. The lowest BCUT2D eigenvalue weighted by atomic mass is 9.95. The number of hydrogen-bond acceptors (Lipinski definition) is 6. The van der Waals surface area contributed by atoms with Gasteiger partial charge < -0.3 is 9.80 Å². The maximum atomic E-state index is 13.0. The third kappa shape index (κ3) is 3.26. The molecule has 134 valence electrons. The van der Waals surface area contributed by atoms with Crippen LogP contribution in [0.25, 0.3) is 10.2 Å². The van der Waals surface area contributed by atoms with Gasteiger partial charge in [-0.05, 0) is 38.0 Å².